The molecule has 12 heterocycles. The minimum atomic E-state index is -4.90. The van der Waals surface area contributed by atoms with Crippen molar-refractivity contribution >= 4 is 84.2 Å². The topological polar surface area (TPSA) is 489 Å². The van der Waals surface area contributed by atoms with Crippen LogP contribution in [0.1, 0.15) is 264 Å². The van der Waals surface area contributed by atoms with Crippen LogP contribution in [0.15, 0.2) is 112 Å². The lowest BCUT2D eigenvalue weighted by Gasteiger charge is -2.19. The van der Waals surface area contributed by atoms with Gasteiger partial charge in [0.25, 0.3) is 22.2 Å². The normalized spacial score (nSPS) is 23.0. The monoisotopic (exact) mass is 2110 g/mol. The molecule has 4 aromatic carbocycles. The molecule has 16 rings (SSSR count). The van der Waals surface area contributed by atoms with Crippen LogP contribution in [0.2, 0.25) is 0 Å². The summed E-state index contributed by atoms with van der Waals surface area (Å²) < 4.78 is 479. The van der Waals surface area contributed by atoms with Crippen LogP contribution in [0.25, 0.3) is 89.7 Å². The molecule has 0 radical (unpaired) electrons. The fourth-order valence-corrected chi connectivity index (χ4v) is 19.2. The van der Waals surface area contributed by atoms with Crippen LogP contribution in [0.5, 0.6) is 23.0 Å². The Morgan fingerprint density at radius 3 is 0.896 bits per heavy atom. The number of rotatable bonds is 44. The van der Waals surface area contributed by atoms with Gasteiger partial charge in [0.2, 0.25) is 40.1 Å². The molecule has 784 valence electrons. The van der Waals surface area contributed by atoms with E-state index in [0.29, 0.717) is 54.3 Å². The van der Waals surface area contributed by atoms with Gasteiger partial charge in [-0.05, 0) is 255 Å². The number of benzene rings is 4. The first-order valence-corrected chi connectivity index (χ1v) is 52.4. The molecule has 8 aromatic heterocycles. The van der Waals surface area contributed by atoms with Crippen LogP contribution in [-0.4, -0.2) is 263 Å². The van der Waals surface area contributed by atoms with Gasteiger partial charge in [-0.2, -0.15) is 20.4 Å². The van der Waals surface area contributed by atoms with E-state index in [0.717, 1.165) is 56.0 Å². The van der Waals surface area contributed by atoms with Gasteiger partial charge in [0.1, 0.15) is 68.4 Å². The SMILES string of the molecule is [2H]C(NS(=O)(=O)c1ccc(OCCC)c(-c2nc3c(C([2H])([2H])CC)nn(C([2H])([2H])[2H])c3c(=O)[nH]2)c1)C([2H])([2H])C1CCCN1C([2H])([2H])[2H].[2H]C(NS(=O)(=O)c1ccc(OCCC)c(-c2nc3c(CCC([2H])([2H])[2H])nn(C)c3c(=O)[nH]2)c1)C([2H])([2H])C1CCCN1C([2H])([2H])[2H].[2H]C([2H])(CC)c1nn(C([2H])([2H])[2H])c2c(=O)[nH]c(-c3cc(S(=O)(=O)NC([2H])([2H])C([2H])([2H])C4CCCN4C([2H])([2H])[2H])ccc3OCCC)nc12.[2H]C([2H])([2H])CCc1nn(C)c2c(=O)[nH]c(-c3cc(S(=O)(=O)NC([2H])([2H])C([2H])([2H])C4CCCN4C([2H])([2H])[2H])ccc3OCCC)nc12. The Kier molecular flexibility index (Phi) is 23.0. The summed E-state index contributed by atoms with van der Waals surface area (Å²) in [5.74, 6) is -0.436. The van der Waals surface area contributed by atoms with Gasteiger partial charge in [0.15, 0.2) is 22.1 Å². The lowest BCUT2D eigenvalue weighted by atomic mass is 10.1. The average molecular weight is 2110 g/mol. The predicted molar refractivity (Wildman–Crippen MR) is 559 cm³/mol. The molecule has 6 atom stereocenters. The van der Waals surface area contributed by atoms with Crippen LogP contribution in [0, 0.1) is 0 Å². The number of nitrogens with zero attached hydrogens (tertiary/aromatic N) is 16. The van der Waals surface area contributed by atoms with E-state index >= 15 is 0 Å². The highest BCUT2D eigenvalue weighted by atomic mass is 32.2. The first-order valence-electron chi connectivity index (χ1n) is 67.6. The summed E-state index contributed by atoms with van der Waals surface area (Å²) in [6.45, 7) is -20.7. The molecule has 4 aliphatic rings. The summed E-state index contributed by atoms with van der Waals surface area (Å²) >= 11 is 0. The smallest absolute Gasteiger partial charge is 0.277 e. The van der Waals surface area contributed by atoms with Gasteiger partial charge >= 0.3 is 0 Å². The third kappa shape index (κ3) is 26.5. The molecule has 4 aliphatic heterocycles. The van der Waals surface area contributed by atoms with Crippen molar-refractivity contribution in [2.45, 2.75) is 253 Å². The number of nitrogens with one attached hydrogen (secondary N) is 8. The summed E-state index contributed by atoms with van der Waals surface area (Å²) in [5, 5.41) is 16.3. The second-order valence-corrected chi connectivity index (χ2v) is 40.0. The van der Waals surface area contributed by atoms with Crippen LogP contribution in [0.3, 0.4) is 0 Å². The molecule has 4 fully saturated rings. The van der Waals surface area contributed by atoms with Gasteiger partial charge in [0.05, 0.1) is 91.0 Å². The van der Waals surface area contributed by atoms with Gasteiger partial charge in [-0.25, -0.2) is 72.5 Å². The number of ether oxygens (including phenoxy) is 4. The van der Waals surface area contributed by atoms with Crippen molar-refractivity contribution in [1.29, 1.82) is 0 Å². The largest absolute Gasteiger partial charge is 0.493 e. The third-order valence-corrected chi connectivity index (χ3v) is 27.8. The van der Waals surface area contributed by atoms with Gasteiger partial charge in [-0.1, -0.05) is 80.9 Å². The fraction of sp³-hybridized carbons (Fsp3) is 0.560. The number of sulfonamides is 4. The molecule has 144 heavy (non-hydrogen) atoms. The predicted octanol–water partition coefficient (Wildman–Crippen LogP) is 11.3. The van der Waals surface area contributed by atoms with Gasteiger partial charge in [0, 0.05) is 136 Å². The van der Waals surface area contributed by atoms with E-state index in [1.807, 2.05) is 30.2 Å². The lowest BCUT2D eigenvalue weighted by molar-refractivity contribution is 0.297. The van der Waals surface area contributed by atoms with E-state index < -0.39 is 243 Å². The number of fused-ring (bicyclic) bond motifs is 4. The molecular weight excluding hydrogens is 1920 g/mol. The fourth-order valence-electron chi connectivity index (χ4n) is 15.7. The first-order chi connectivity index (χ1) is 85.3. The van der Waals surface area contributed by atoms with Crippen molar-refractivity contribution in [3.05, 3.63) is 137 Å². The van der Waals surface area contributed by atoms with Crippen LogP contribution in [-0.2, 0) is 93.7 Å². The van der Waals surface area contributed by atoms with E-state index in [9.17, 15) is 52.8 Å². The molecule has 6 unspecified atom stereocenters. The zero-order chi connectivity index (χ0) is 140. The Labute approximate surface area is 902 Å². The second kappa shape index (κ2) is 49.9. The van der Waals surface area contributed by atoms with Crippen molar-refractivity contribution in [2.75, 3.05) is 107 Å². The number of hydrogen-bond donors (Lipinski definition) is 8. The van der Waals surface area contributed by atoms with E-state index in [1.54, 1.807) is 16.4 Å². The summed E-state index contributed by atoms with van der Waals surface area (Å²) in [6, 6.07) is 8.55. The summed E-state index contributed by atoms with van der Waals surface area (Å²) in [4.78, 5) is 82.4. The molecule has 0 amide bonds. The molecular formula is C100H144N24O16S4. The minimum Gasteiger partial charge on any atom is -0.493 e. The molecule has 4 saturated heterocycles. The summed E-state index contributed by atoms with van der Waals surface area (Å²) in [7, 11) is -15.9. The van der Waals surface area contributed by atoms with E-state index in [1.165, 1.54) is 73.7 Å². The van der Waals surface area contributed by atoms with Crippen molar-refractivity contribution in [3.63, 3.8) is 0 Å². The Morgan fingerprint density at radius 1 is 0.354 bits per heavy atom. The van der Waals surface area contributed by atoms with Crippen molar-refractivity contribution in [2.24, 2.45) is 28.0 Å². The Morgan fingerprint density at radius 2 is 0.625 bits per heavy atom. The van der Waals surface area contributed by atoms with Gasteiger partial charge < -0.3 is 58.5 Å². The number of aromatic amines is 4. The minimum absolute atomic E-state index is 0.00348. The Balaban J connectivity index is 0.000000201. The first kappa shape index (κ1) is 66.2. The molecule has 12 aromatic rings. The van der Waals surface area contributed by atoms with Crippen LogP contribution < -0.4 is 60.1 Å². The molecule has 0 saturated carbocycles. The molecule has 8 N–H and O–H groups in total. The third-order valence-electron chi connectivity index (χ3n) is 22.8. The average Bonchev–Trinajstić information content (AvgIpc) is 1.56. The number of aryl methyl sites for hydroxylation is 8. The number of hydrogen-bond acceptors (Lipinski definition) is 28. The van der Waals surface area contributed by atoms with Gasteiger partial charge in [-0.3, -0.25) is 37.9 Å². The molecule has 44 heteroatoms. The van der Waals surface area contributed by atoms with Crippen LogP contribution in [0.4, 0.5) is 0 Å². The van der Waals surface area contributed by atoms with E-state index in [-0.39, 0.29) is 241 Å². The highest BCUT2D eigenvalue weighted by Gasteiger charge is 2.32. The van der Waals surface area contributed by atoms with E-state index in [2.05, 4.69) is 60.3 Å². The summed E-state index contributed by atoms with van der Waals surface area (Å²) in [5.41, 5.74) is -5.10. The van der Waals surface area contributed by atoms with Crippen molar-refractivity contribution in [3.8, 4) is 68.5 Å². The zero-order valence-electron chi connectivity index (χ0n) is 122. The second-order valence-electron chi connectivity index (χ2n) is 33.2. The Hall–Kier alpha value is -11.0. The van der Waals surface area contributed by atoms with E-state index in [4.69, 9.17) is 76.5 Å². The van der Waals surface area contributed by atoms with Gasteiger partial charge in [-0.15, -0.1) is 0 Å². The summed E-state index contributed by atoms with van der Waals surface area (Å²) in [6.07, 6.45) is -12.5. The zero-order valence-corrected chi connectivity index (χ0v) is 83.4. The van der Waals surface area contributed by atoms with Crippen LogP contribution >= 0.6 is 0 Å². The Bertz CT molecular complexity index is 9150. The number of H-pyrrole nitrogens is 4. The molecule has 0 spiro atoms. The maximum atomic E-state index is 13.6. The van der Waals surface area contributed by atoms with Crippen molar-refractivity contribution in [1.82, 2.24) is 117 Å². The lowest BCUT2D eigenvalue weighted by Crippen LogP contribution is -2.31. The number of aromatic nitrogens is 16. The molecule has 0 aliphatic carbocycles. The molecule has 0 bridgehead atoms. The number of likely N-dealkylation sites (tertiary alicyclic amines) is 4. The maximum absolute atomic E-state index is 13.6. The molecule has 40 nitrogen and oxygen atoms in total. The highest BCUT2D eigenvalue weighted by Crippen LogP contribution is 2.38. The quantitative estimate of drug-likeness (QED) is 0.0176. The maximum Gasteiger partial charge on any atom is 0.277 e. The highest BCUT2D eigenvalue weighted by molar-refractivity contribution is 7.90. The standard InChI is InChI=1S/4C25H36N6O4S/c4*1-5-8-20-22-23(31(4)29-20)25(32)28-24(27-22)19-16-18(10-11-21(19)35-15-6-2)36(33,34)26-13-12-17-9-7-14-30(17)3/h4*10-11,16-17,26H,5-9,12-15H2,1-4H3,(H,27,28,32)/i3D3,4D3,8D2,12D2,13D2;3D3,4D3,8D2,12D2,13D;1D3,3D3,12D2,13D2;1D3,3D3,12D2,13D. The van der Waals surface area contributed by atoms with Crippen molar-refractivity contribution < 1.29 is 110 Å².